The number of fused-ring (bicyclic) bond motifs is 1. The summed E-state index contributed by atoms with van der Waals surface area (Å²) in [6.45, 7) is 0.847. The SMILES string of the molecule is c1ccc(NCCc2nnc3ccccn23)cc1. The van der Waals surface area contributed by atoms with Gasteiger partial charge in [-0.05, 0) is 24.3 Å². The van der Waals surface area contributed by atoms with E-state index in [-0.39, 0.29) is 0 Å². The minimum Gasteiger partial charge on any atom is -0.385 e. The van der Waals surface area contributed by atoms with E-state index in [2.05, 4.69) is 27.6 Å². The van der Waals surface area contributed by atoms with E-state index in [1.54, 1.807) is 0 Å². The van der Waals surface area contributed by atoms with E-state index < -0.39 is 0 Å². The zero-order valence-corrected chi connectivity index (χ0v) is 9.95. The number of hydrogen-bond acceptors (Lipinski definition) is 3. The molecule has 18 heavy (non-hydrogen) atoms. The number of benzene rings is 1. The second-order valence-electron chi connectivity index (χ2n) is 4.09. The number of nitrogens with zero attached hydrogens (tertiary/aromatic N) is 3. The van der Waals surface area contributed by atoms with Crippen LogP contribution in [-0.4, -0.2) is 21.1 Å². The molecule has 0 aliphatic rings. The quantitative estimate of drug-likeness (QED) is 0.758. The van der Waals surface area contributed by atoms with Crippen molar-refractivity contribution in [1.82, 2.24) is 14.6 Å². The van der Waals surface area contributed by atoms with Crippen LogP contribution in [0.1, 0.15) is 5.82 Å². The highest BCUT2D eigenvalue weighted by molar-refractivity contribution is 5.42. The fourth-order valence-corrected chi connectivity index (χ4v) is 1.94. The number of anilines is 1. The summed E-state index contributed by atoms with van der Waals surface area (Å²) in [5, 5.41) is 11.7. The van der Waals surface area contributed by atoms with Crippen LogP contribution in [0.2, 0.25) is 0 Å². The van der Waals surface area contributed by atoms with Crippen LogP contribution in [0.4, 0.5) is 5.69 Å². The number of nitrogens with one attached hydrogen (secondary N) is 1. The average molecular weight is 238 g/mol. The van der Waals surface area contributed by atoms with Gasteiger partial charge in [0.1, 0.15) is 5.82 Å². The molecule has 2 aromatic heterocycles. The highest BCUT2D eigenvalue weighted by Gasteiger charge is 2.03. The van der Waals surface area contributed by atoms with Gasteiger partial charge in [-0.3, -0.25) is 4.40 Å². The van der Waals surface area contributed by atoms with Crippen LogP contribution in [0.15, 0.2) is 54.7 Å². The predicted molar refractivity (Wildman–Crippen MR) is 71.6 cm³/mol. The van der Waals surface area contributed by atoms with Crippen LogP contribution in [0.5, 0.6) is 0 Å². The molecule has 1 aromatic carbocycles. The molecular weight excluding hydrogens is 224 g/mol. The van der Waals surface area contributed by atoms with Crippen LogP contribution in [0, 0.1) is 0 Å². The van der Waals surface area contributed by atoms with Gasteiger partial charge in [-0.15, -0.1) is 10.2 Å². The smallest absolute Gasteiger partial charge is 0.160 e. The maximum absolute atomic E-state index is 4.20. The number of aromatic nitrogens is 3. The third kappa shape index (κ3) is 2.18. The highest BCUT2D eigenvalue weighted by Crippen LogP contribution is 2.06. The lowest BCUT2D eigenvalue weighted by molar-refractivity contribution is 0.871. The lowest BCUT2D eigenvalue weighted by atomic mass is 10.3. The molecule has 0 spiro atoms. The average Bonchev–Trinajstić information content (AvgIpc) is 2.84. The van der Waals surface area contributed by atoms with Gasteiger partial charge in [0.05, 0.1) is 0 Å². The second-order valence-corrected chi connectivity index (χ2v) is 4.09. The minimum absolute atomic E-state index is 0.847. The van der Waals surface area contributed by atoms with Gasteiger partial charge in [-0.25, -0.2) is 0 Å². The van der Waals surface area contributed by atoms with Crippen LogP contribution in [0.25, 0.3) is 5.65 Å². The Morgan fingerprint density at radius 3 is 2.67 bits per heavy atom. The summed E-state index contributed by atoms with van der Waals surface area (Å²) in [7, 11) is 0. The number of para-hydroxylation sites is 1. The molecule has 0 unspecified atom stereocenters. The summed E-state index contributed by atoms with van der Waals surface area (Å²) < 4.78 is 2.02. The van der Waals surface area contributed by atoms with E-state index in [4.69, 9.17) is 0 Å². The molecule has 1 N–H and O–H groups in total. The predicted octanol–water partition coefficient (Wildman–Crippen LogP) is 2.38. The Morgan fingerprint density at radius 1 is 0.944 bits per heavy atom. The van der Waals surface area contributed by atoms with Crippen molar-refractivity contribution in [3.63, 3.8) is 0 Å². The molecule has 0 radical (unpaired) electrons. The van der Waals surface area contributed by atoms with Crippen LogP contribution in [-0.2, 0) is 6.42 Å². The molecule has 4 nitrogen and oxygen atoms in total. The van der Waals surface area contributed by atoms with Crippen molar-refractivity contribution in [2.24, 2.45) is 0 Å². The zero-order valence-electron chi connectivity index (χ0n) is 9.95. The van der Waals surface area contributed by atoms with E-state index in [9.17, 15) is 0 Å². The van der Waals surface area contributed by atoms with E-state index in [0.29, 0.717) is 0 Å². The Balaban J connectivity index is 1.67. The van der Waals surface area contributed by atoms with Gasteiger partial charge in [-0.1, -0.05) is 24.3 Å². The van der Waals surface area contributed by atoms with Crippen LogP contribution >= 0.6 is 0 Å². The molecule has 0 atom stereocenters. The Morgan fingerprint density at radius 2 is 1.78 bits per heavy atom. The van der Waals surface area contributed by atoms with Crippen molar-refractivity contribution in [1.29, 1.82) is 0 Å². The Bertz CT molecular complexity index is 630. The molecule has 0 amide bonds. The van der Waals surface area contributed by atoms with Gasteiger partial charge in [0.15, 0.2) is 5.65 Å². The molecule has 3 rings (SSSR count). The Hall–Kier alpha value is -2.36. The van der Waals surface area contributed by atoms with Crippen LogP contribution < -0.4 is 5.32 Å². The molecule has 0 saturated heterocycles. The highest BCUT2D eigenvalue weighted by atomic mass is 15.2. The van der Waals surface area contributed by atoms with Gasteiger partial charge in [-0.2, -0.15) is 0 Å². The fraction of sp³-hybridized carbons (Fsp3) is 0.143. The minimum atomic E-state index is 0.847. The molecule has 0 aliphatic carbocycles. The lowest BCUT2D eigenvalue weighted by Gasteiger charge is -2.04. The van der Waals surface area contributed by atoms with E-state index in [0.717, 1.165) is 30.1 Å². The van der Waals surface area contributed by atoms with Gasteiger partial charge >= 0.3 is 0 Å². The monoisotopic (exact) mass is 238 g/mol. The second kappa shape index (κ2) is 4.87. The fourth-order valence-electron chi connectivity index (χ4n) is 1.94. The summed E-state index contributed by atoms with van der Waals surface area (Å²) in [5.74, 6) is 0.981. The first kappa shape index (κ1) is 10.8. The third-order valence-corrected chi connectivity index (χ3v) is 2.84. The van der Waals surface area contributed by atoms with E-state index in [1.807, 2.05) is 47.0 Å². The van der Waals surface area contributed by atoms with Gasteiger partial charge in [0, 0.05) is 24.8 Å². The molecule has 0 saturated carbocycles. The Labute approximate surface area is 105 Å². The maximum Gasteiger partial charge on any atom is 0.160 e. The first-order chi connectivity index (χ1) is 8.93. The molecule has 0 bridgehead atoms. The number of rotatable bonds is 4. The number of hydrogen-bond donors (Lipinski definition) is 1. The zero-order chi connectivity index (χ0) is 12.2. The molecule has 90 valence electrons. The van der Waals surface area contributed by atoms with Gasteiger partial charge < -0.3 is 5.32 Å². The van der Waals surface area contributed by atoms with Crippen molar-refractivity contribution in [2.45, 2.75) is 6.42 Å². The third-order valence-electron chi connectivity index (χ3n) is 2.84. The number of pyridine rings is 1. The lowest BCUT2D eigenvalue weighted by Crippen LogP contribution is -2.07. The van der Waals surface area contributed by atoms with Gasteiger partial charge in [0.25, 0.3) is 0 Å². The molecule has 2 heterocycles. The molecule has 0 aliphatic heterocycles. The topological polar surface area (TPSA) is 42.2 Å². The van der Waals surface area contributed by atoms with Crippen molar-refractivity contribution in [3.8, 4) is 0 Å². The summed E-state index contributed by atoms with van der Waals surface area (Å²) >= 11 is 0. The Kier molecular flexibility index (Phi) is 2.92. The van der Waals surface area contributed by atoms with Gasteiger partial charge in [0.2, 0.25) is 0 Å². The van der Waals surface area contributed by atoms with Crippen molar-refractivity contribution in [3.05, 3.63) is 60.6 Å². The van der Waals surface area contributed by atoms with Crippen molar-refractivity contribution in [2.75, 3.05) is 11.9 Å². The molecular formula is C14H14N4. The standard InChI is InChI=1S/C14H14N4/c1-2-6-12(7-3-1)15-10-9-14-17-16-13-8-4-5-11-18(13)14/h1-8,11,15H,9-10H2. The largest absolute Gasteiger partial charge is 0.385 e. The molecule has 0 fully saturated rings. The van der Waals surface area contributed by atoms with E-state index >= 15 is 0 Å². The molecule has 3 aromatic rings. The molecule has 4 heteroatoms. The maximum atomic E-state index is 4.20. The first-order valence-corrected chi connectivity index (χ1v) is 6.01. The van der Waals surface area contributed by atoms with Crippen LogP contribution in [0.3, 0.4) is 0 Å². The van der Waals surface area contributed by atoms with Crippen molar-refractivity contribution >= 4 is 11.3 Å². The van der Waals surface area contributed by atoms with E-state index in [1.165, 1.54) is 0 Å². The first-order valence-electron chi connectivity index (χ1n) is 6.01. The van der Waals surface area contributed by atoms with Crippen molar-refractivity contribution < 1.29 is 0 Å². The summed E-state index contributed by atoms with van der Waals surface area (Å²) in [6.07, 6.45) is 2.84. The summed E-state index contributed by atoms with van der Waals surface area (Å²) in [4.78, 5) is 0. The normalized spacial score (nSPS) is 10.7. The summed E-state index contributed by atoms with van der Waals surface area (Å²) in [6, 6.07) is 16.1. The summed E-state index contributed by atoms with van der Waals surface area (Å²) in [5.41, 5.74) is 2.03.